The minimum atomic E-state index is -0.680. The van der Waals surface area contributed by atoms with E-state index in [4.69, 9.17) is 0 Å². The van der Waals surface area contributed by atoms with Crippen molar-refractivity contribution < 1.29 is 15.3 Å². The Bertz CT molecular complexity index is 496. The number of hydrogen-bond donors (Lipinski definition) is 4. The van der Waals surface area contributed by atoms with Crippen molar-refractivity contribution in [1.29, 1.82) is 0 Å². The van der Waals surface area contributed by atoms with Gasteiger partial charge in [-0.1, -0.05) is 18.2 Å². The van der Waals surface area contributed by atoms with Gasteiger partial charge in [0.05, 0.1) is 18.3 Å². The van der Waals surface area contributed by atoms with Gasteiger partial charge in [0.2, 0.25) is 0 Å². The maximum absolute atomic E-state index is 10.1. The van der Waals surface area contributed by atoms with Crippen LogP contribution in [0.1, 0.15) is 43.9 Å². The summed E-state index contributed by atoms with van der Waals surface area (Å²) in [6.45, 7) is 6.83. The topological polar surface area (TPSA) is 72.7 Å². The van der Waals surface area contributed by atoms with E-state index in [0.717, 1.165) is 17.5 Å². The molecule has 3 atom stereocenters. The van der Waals surface area contributed by atoms with E-state index in [9.17, 15) is 15.3 Å². The van der Waals surface area contributed by atoms with Gasteiger partial charge in [-0.2, -0.15) is 0 Å². The third-order valence-electron chi connectivity index (χ3n) is 4.27. The molecule has 1 aromatic rings. The van der Waals surface area contributed by atoms with Crippen LogP contribution in [0.4, 0.5) is 0 Å². The van der Waals surface area contributed by atoms with Crippen LogP contribution in [0.3, 0.4) is 0 Å². The molecule has 1 aliphatic carbocycles. The summed E-state index contributed by atoms with van der Waals surface area (Å²) < 4.78 is 0. The van der Waals surface area contributed by atoms with E-state index in [1.807, 2.05) is 12.1 Å². The highest BCUT2D eigenvalue weighted by atomic mass is 16.3. The van der Waals surface area contributed by atoms with E-state index in [0.29, 0.717) is 25.8 Å². The Hall–Kier alpha value is -0.940. The second-order valence-electron chi connectivity index (χ2n) is 7.42. The van der Waals surface area contributed by atoms with Crippen LogP contribution in [0.15, 0.2) is 18.2 Å². The van der Waals surface area contributed by atoms with Gasteiger partial charge in [-0.05, 0) is 50.3 Å². The van der Waals surface area contributed by atoms with Crippen molar-refractivity contribution in [1.82, 2.24) is 5.32 Å². The Kier molecular flexibility index (Phi) is 5.61. The number of hydrogen-bond acceptors (Lipinski definition) is 4. The second-order valence-corrected chi connectivity index (χ2v) is 7.42. The lowest BCUT2D eigenvalue weighted by atomic mass is 9.83. The first-order valence-corrected chi connectivity index (χ1v) is 8.15. The first kappa shape index (κ1) is 17.4. The van der Waals surface area contributed by atoms with Gasteiger partial charge >= 0.3 is 0 Å². The van der Waals surface area contributed by atoms with Crippen molar-refractivity contribution in [3.63, 3.8) is 0 Å². The maximum atomic E-state index is 10.1. The van der Waals surface area contributed by atoms with Gasteiger partial charge in [-0.3, -0.25) is 0 Å². The number of aryl methyl sites for hydroxylation is 1. The highest BCUT2D eigenvalue weighted by Crippen LogP contribution is 2.26. The minimum absolute atomic E-state index is 0.00708. The zero-order valence-corrected chi connectivity index (χ0v) is 13.8. The predicted molar refractivity (Wildman–Crippen MR) is 87.9 cm³/mol. The number of aliphatic hydroxyl groups excluding tert-OH is 3. The van der Waals surface area contributed by atoms with Crippen LogP contribution in [0.25, 0.3) is 0 Å². The highest BCUT2D eigenvalue weighted by Gasteiger charge is 2.26. The first-order valence-electron chi connectivity index (χ1n) is 8.15. The van der Waals surface area contributed by atoms with E-state index in [1.54, 1.807) is 0 Å². The van der Waals surface area contributed by atoms with Crippen LogP contribution >= 0.6 is 0 Å². The lowest BCUT2D eigenvalue weighted by Crippen LogP contribution is -2.41. The van der Waals surface area contributed by atoms with Crippen LogP contribution in [0.5, 0.6) is 0 Å². The molecule has 0 fully saturated rings. The highest BCUT2D eigenvalue weighted by molar-refractivity contribution is 5.38. The molecule has 0 unspecified atom stereocenters. The molecule has 2 rings (SSSR count). The molecule has 4 heteroatoms. The van der Waals surface area contributed by atoms with Crippen LogP contribution < -0.4 is 5.32 Å². The Morgan fingerprint density at radius 1 is 1.18 bits per heavy atom. The zero-order valence-electron chi connectivity index (χ0n) is 13.8. The average molecular weight is 307 g/mol. The number of nitrogens with one attached hydrogen (secondary N) is 1. The molecule has 0 saturated heterocycles. The summed E-state index contributed by atoms with van der Waals surface area (Å²) >= 11 is 0. The molecule has 1 aliphatic rings. The summed E-state index contributed by atoms with van der Waals surface area (Å²) in [7, 11) is 0. The van der Waals surface area contributed by atoms with E-state index in [1.165, 1.54) is 5.56 Å². The van der Waals surface area contributed by atoms with Crippen LogP contribution in [0, 0.1) is 0 Å². The normalized spacial score (nSPS) is 23.2. The number of rotatable bonds is 5. The monoisotopic (exact) mass is 307 g/mol. The molecular weight excluding hydrogens is 278 g/mol. The number of aliphatic hydroxyl groups is 3. The number of benzene rings is 1. The summed E-state index contributed by atoms with van der Waals surface area (Å²) in [5.74, 6) is 0. The summed E-state index contributed by atoms with van der Waals surface area (Å²) in [6, 6.07) is 6.08. The molecule has 4 N–H and O–H groups in total. The Balaban J connectivity index is 1.95. The summed E-state index contributed by atoms with van der Waals surface area (Å²) in [5, 5.41) is 33.1. The predicted octanol–water partition coefficient (Wildman–Crippen LogP) is 1.19. The van der Waals surface area contributed by atoms with E-state index in [2.05, 4.69) is 32.2 Å². The first-order chi connectivity index (χ1) is 10.3. The van der Waals surface area contributed by atoms with E-state index >= 15 is 0 Å². The van der Waals surface area contributed by atoms with Crippen molar-refractivity contribution in [2.75, 3.05) is 6.54 Å². The Labute approximate surface area is 133 Å². The molecule has 0 radical (unpaired) electrons. The number of fused-ring (bicyclic) bond motifs is 1. The van der Waals surface area contributed by atoms with Gasteiger partial charge in [0.15, 0.2) is 0 Å². The minimum Gasteiger partial charge on any atom is -0.392 e. The molecule has 0 spiro atoms. The molecule has 0 saturated carbocycles. The third-order valence-corrected chi connectivity index (χ3v) is 4.27. The molecule has 4 nitrogen and oxygen atoms in total. The molecule has 0 amide bonds. The quantitative estimate of drug-likeness (QED) is 0.659. The molecule has 0 aromatic heterocycles. The lowest BCUT2D eigenvalue weighted by molar-refractivity contribution is 0.0139. The van der Waals surface area contributed by atoms with Gasteiger partial charge < -0.3 is 20.6 Å². The molecule has 0 aliphatic heterocycles. The van der Waals surface area contributed by atoms with Gasteiger partial charge in [0, 0.05) is 24.9 Å². The fourth-order valence-corrected chi connectivity index (χ4v) is 2.93. The molecule has 124 valence electrons. The summed E-state index contributed by atoms with van der Waals surface area (Å²) in [5.41, 5.74) is 3.46. The molecule has 0 heterocycles. The van der Waals surface area contributed by atoms with Crippen LogP contribution in [-0.2, 0) is 19.3 Å². The van der Waals surface area contributed by atoms with Gasteiger partial charge in [0.1, 0.15) is 0 Å². The van der Waals surface area contributed by atoms with Crippen molar-refractivity contribution in [2.24, 2.45) is 0 Å². The zero-order chi connectivity index (χ0) is 16.3. The maximum Gasteiger partial charge on any atom is 0.0842 e. The summed E-state index contributed by atoms with van der Waals surface area (Å²) in [6.07, 6.45) is 0.776. The Morgan fingerprint density at radius 2 is 1.86 bits per heavy atom. The van der Waals surface area contributed by atoms with Gasteiger partial charge in [0.25, 0.3) is 0 Å². The smallest absolute Gasteiger partial charge is 0.0842 e. The molecular formula is C18H29NO3. The van der Waals surface area contributed by atoms with Gasteiger partial charge in [-0.25, -0.2) is 0 Å². The molecule has 22 heavy (non-hydrogen) atoms. The Morgan fingerprint density at radius 3 is 2.55 bits per heavy atom. The SMILES string of the molecule is CC(C)(C)NC[C@H](O)CCc1cccc2c1C[C@H](O)[C@H](O)C2. The van der Waals surface area contributed by atoms with Gasteiger partial charge in [-0.15, -0.1) is 0 Å². The van der Waals surface area contributed by atoms with E-state index in [-0.39, 0.29) is 11.6 Å². The molecule has 1 aromatic carbocycles. The van der Waals surface area contributed by atoms with Crippen LogP contribution in [-0.4, -0.2) is 45.7 Å². The van der Waals surface area contributed by atoms with Crippen molar-refractivity contribution >= 4 is 0 Å². The lowest BCUT2D eigenvalue weighted by Gasteiger charge is -2.28. The number of β-amino-alcohol motifs (C(OH)–C–C–N with tert-alkyl or cyclic N) is 1. The average Bonchev–Trinajstić information content (AvgIpc) is 2.43. The second kappa shape index (κ2) is 7.09. The molecule has 0 bridgehead atoms. The van der Waals surface area contributed by atoms with Crippen molar-refractivity contribution in [3.8, 4) is 0 Å². The summed E-state index contributed by atoms with van der Waals surface area (Å²) in [4.78, 5) is 0. The van der Waals surface area contributed by atoms with Crippen molar-refractivity contribution in [3.05, 3.63) is 34.9 Å². The fourth-order valence-electron chi connectivity index (χ4n) is 2.93. The standard InChI is InChI=1S/C18H29NO3/c1-18(2,3)19-11-14(20)8-7-12-5-4-6-13-9-16(21)17(22)10-15(12)13/h4-6,14,16-17,19-22H,7-11H2,1-3H3/t14-,16-,17+/m1/s1. The van der Waals surface area contributed by atoms with Crippen molar-refractivity contribution in [2.45, 2.75) is 70.3 Å². The van der Waals surface area contributed by atoms with E-state index < -0.39 is 12.2 Å². The fraction of sp³-hybridized carbons (Fsp3) is 0.667. The largest absolute Gasteiger partial charge is 0.392 e. The van der Waals surface area contributed by atoms with Crippen LogP contribution in [0.2, 0.25) is 0 Å². The third kappa shape index (κ3) is 4.78.